The lowest BCUT2D eigenvalue weighted by Crippen LogP contribution is -2.13. The third-order valence-electron chi connectivity index (χ3n) is 2.37. The van der Waals surface area contributed by atoms with Gasteiger partial charge in [-0.15, -0.1) is 0 Å². The van der Waals surface area contributed by atoms with E-state index in [4.69, 9.17) is 4.74 Å². The first-order valence-corrected chi connectivity index (χ1v) is 5.48. The van der Waals surface area contributed by atoms with E-state index in [0.29, 0.717) is 5.56 Å². The Balaban J connectivity index is 3.04. The highest BCUT2D eigenvalue weighted by atomic mass is 16.5. The summed E-state index contributed by atoms with van der Waals surface area (Å²) in [5, 5.41) is 9.76. The summed E-state index contributed by atoms with van der Waals surface area (Å²) < 4.78 is 4.95. The predicted molar refractivity (Wildman–Crippen MR) is 67.3 cm³/mol. The zero-order valence-corrected chi connectivity index (χ0v) is 10.5. The Morgan fingerprint density at radius 1 is 1.47 bits per heavy atom. The van der Waals surface area contributed by atoms with Gasteiger partial charge in [0.05, 0.1) is 5.56 Å². The fraction of sp³-hybridized carbons (Fsp3) is 0.357. The number of esters is 1. The van der Waals surface area contributed by atoms with E-state index in [1.165, 1.54) is 12.1 Å². The first-order valence-electron chi connectivity index (χ1n) is 5.48. The number of rotatable bonds is 3. The molecule has 0 bridgehead atoms. The van der Waals surface area contributed by atoms with Crippen molar-refractivity contribution in [1.29, 1.82) is 0 Å². The van der Waals surface area contributed by atoms with E-state index in [-0.39, 0.29) is 17.8 Å². The molecule has 0 spiro atoms. The summed E-state index contributed by atoms with van der Waals surface area (Å²) >= 11 is 0. The predicted octanol–water partition coefficient (Wildman–Crippen LogP) is 3.03. The molecular formula is C14H18O3. The summed E-state index contributed by atoms with van der Waals surface area (Å²) in [5.41, 5.74) is 0.943. The molecule has 1 aromatic carbocycles. The zero-order valence-electron chi connectivity index (χ0n) is 10.5. The zero-order chi connectivity index (χ0) is 13.1. The summed E-state index contributed by atoms with van der Waals surface area (Å²) in [6, 6.07) is 4.74. The number of hydrogen-bond donors (Lipinski definition) is 1. The van der Waals surface area contributed by atoms with Gasteiger partial charge >= 0.3 is 5.97 Å². The van der Waals surface area contributed by atoms with Crippen LogP contribution in [0.5, 0.6) is 5.75 Å². The van der Waals surface area contributed by atoms with Crippen LogP contribution in [0, 0.1) is 0 Å². The number of benzene rings is 1. The standard InChI is InChI=1S/C14H18O3/c1-5-8-17-13(16)10-6-7-12(15)11(9-10)14(2,3)4/h5-7,9,15H,1,8H2,2-4H3. The highest BCUT2D eigenvalue weighted by Crippen LogP contribution is 2.31. The molecule has 0 saturated heterocycles. The number of aromatic hydroxyl groups is 1. The second-order valence-electron chi connectivity index (χ2n) is 4.87. The van der Waals surface area contributed by atoms with Gasteiger partial charge in [0.1, 0.15) is 12.4 Å². The maximum atomic E-state index is 11.6. The van der Waals surface area contributed by atoms with Crippen molar-refractivity contribution in [3.05, 3.63) is 42.0 Å². The molecule has 0 aromatic heterocycles. The van der Waals surface area contributed by atoms with Crippen molar-refractivity contribution in [2.24, 2.45) is 0 Å². The molecule has 92 valence electrons. The largest absolute Gasteiger partial charge is 0.508 e. The lowest BCUT2D eigenvalue weighted by Gasteiger charge is -2.20. The average Bonchev–Trinajstić information content (AvgIpc) is 2.25. The van der Waals surface area contributed by atoms with Gasteiger partial charge in [0, 0.05) is 5.56 Å². The van der Waals surface area contributed by atoms with Gasteiger partial charge in [-0.1, -0.05) is 33.4 Å². The molecule has 0 saturated carbocycles. The van der Waals surface area contributed by atoms with Gasteiger partial charge in [-0.3, -0.25) is 0 Å². The smallest absolute Gasteiger partial charge is 0.338 e. The van der Waals surface area contributed by atoms with Crippen molar-refractivity contribution in [1.82, 2.24) is 0 Å². The van der Waals surface area contributed by atoms with Gasteiger partial charge < -0.3 is 9.84 Å². The Morgan fingerprint density at radius 2 is 2.12 bits per heavy atom. The second kappa shape index (κ2) is 5.04. The van der Waals surface area contributed by atoms with Crippen molar-refractivity contribution in [3.8, 4) is 5.75 Å². The Bertz CT molecular complexity index is 428. The third-order valence-corrected chi connectivity index (χ3v) is 2.37. The fourth-order valence-corrected chi connectivity index (χ4v) is 1.48. The lowest BCUT2D eigenvalue weighted by molar-refractivity contribution is 0.0549. The summed E-state index contributed by atoms with van der Waals surface area (Å²) in [7, 11) is 0. The molecule has 1 rings (SSSR count). The Morgan fingerprint density at radius 3 is 2.65 bits per heavy atom. The Labute approximate surface area is 102 Å². The van der Waals surface area contributed by atoms with Crippen LogP contribution in [0.4, 0.5) is 0 Å². The van der Waals surface area contributed by atoms with Crippen LogP contribution in [-0.2, 0) is 10.2 Å². The van der Waals surface area contributed by atoms with Crippen LogP contribution in [0.3, 0.4) is 0 Å². The number of carbonyl (C=O) groups is 1. The average molecular weight is 234 g/mol. The number of phenols is 1. The first kappa shape index (κ1) is 13.3. The molecule has 0 heterocycles. The van der Waals surface area contributed by atoms with Gasteiger partial charge in [0.2, 0.25) is 0 Å². The monoisotopic (exact) mass is 234 g/mol. The van der Waals surface area contributed by atoms with Crippen LogP contribution >= 0.6 is 0 Å². The summed E-state index contributed by atoms with van der Waals surface area (Å²) in [6.45, 7) is 9.58. The molecule has 0 atom stereocenters. The van der Waals surface area contributed by atoms with Crippen LogP contribution in [0.25, 0.3) is 0 Å². The van der Waals surface area contributed by atoms with Gasteiger partial charge in [-0.05, 0) is 23.6 Å². The highest BCUT2D eigenvalue weighted by Gasteiger charge is 2.20. The minimum Gasteiger partial charge on any atom is -0.508 e. The van der Waals surface area contributed by atoms with Crippen molar-refractivity contribution >= 4 is 5.97 Å². The van der Waals surface area contributed by atoms with Crippen LogP contribution in [0.2, 0.25) is 0 Å². The third kappa shape index (κ3) is 3.34. The SMILES string of the molecule is C=CCOC(=O)c1ccc(O)c(C(C)(C)C)c1. The Hall–Kier alpha value is -1.77. The molecule has 0 unspecified atom stereocenters. The molecule has 3 heteroatoms. The number of carbonyl (C=O) groups excluding carboxylic acids is 1. The van der Waals surface area contributed by atoms with E-state index in [1.54, 1.807) is 12.1 Å². The molecule has 0 radical (unpaired) electrons. The van der Waals surface area contributed by atoms with E-state index >= 15 is 0 Å². The van der Waals surface area contributed by atoms with Gasteiger partial charge in [0.15, 0.2) is 0 Å². The Kier molecular flexibility index (Phi) is 3.94. The van der Waals surface area contributed by atoms with Crippen molar-refractivity contribution in [3.63, 3.8) is 0 Å². The van der Waals surface area contributed by atoms with E-state index in [2.05, 4.69) is 6.58 Å². The topological polar surface area (TPSA) is 46.5 Å². The molecule has 0 aliphatic heterocycles. The maximum absolute atomic E-state index is 11.6. The summed E-state index contributed by atoms with van der Waals surface area (Å²) in [6.07, 6.45) is 1.52. The molecular weight excluding hydrogens is 216 g/mol. The molecule has 0 aliphatic rings. The molecule has 0 fully saturated rings. The van der Waals surface area contributed by atoms with Gasteiger partial charge in [-0.2, -0.15) is 0 Å². The minimum absolute atomic E-state index is 0.185. The molecule has 17 heavy (non-hydrogen) atoms. The maximum Gasteiger partial charge on any atom is 0.338 e. The van der Waals surface area contributed by atoms with Crippen molar-refractivity contribution < 1.29 is 14.6 Å². The molecule has 0 aliphatic carbocycles. The highest BCUT2D eigenvalue weighted by molar-refractivity contribution is 5.90. The van der Waals surface area contributed by atoms with Crippen molar-refractivity contribution in [2.75, 3.05) is 6.61 Å². The fourth-order valence-electron chi connectivity index (χ4n) is 1.48. The van der Waals surface area contributed by atoms with Crippen LogP contribution in [0.15, 0.2) is 30.9 Å². The van der Waals surface area contributed by atoms with E-state index in [9.17, 15) is 9.90 Å². The van der Waals surface area contributed by atoms with Gasteiger partial charge in [0.25, 0.3) is 0 Å². The minimum atomic E-state index is -0.407. The van der Waals surface area contributed by atoms with Gasteiger partial charge in [-0.25, -0.2) is 4.79 Å². The van der Waals surface area contributed by atoms with E-state index < -0.39 is 5.97 Å². The molecule has 3 nitrogen and oxygen atoms in total. The number of ether oxygens (including phenoxy) is 1. The van der Waals surface area contributed by atoms with E-state index in [1.807, 2.05) is 20.8 Å². The molecule has 0 amide bonds. The van der Waals surface area contributed by atoms with E-state index in [0.717, 1.165) is 5.56 Å². The first-order chi connectivity index (χ1) is 7.86. The van der Waals surface area contributed by atoms with Crippen molar-refractivity contribution in [2.45, 2.75) is 26.2 Å². The van der Waals surface area contributed by atoms with Crippen LogP contribution < -0.4 is 0 Å². The lowest BCUT2D eigenvalue weighted by atomic mass is 9.85. The quantitative estimate of drug-likeness (QED) is 0.646. The number of hydrogen-bond acceptors (Lipinski definition) is 3. The summed E-state index contributed by atoms with van der Waals surface area (Å²) in [5.74, 6) is -0.215. The second-order valence-corrected chi connectivity index (χ2v) is 4.87. The van der Waals surface area contributed by atoms with Crippen LogP contribution in [0.1, 0.15) is 36.7 Å². The molecule has 1 N–H and O–H groups in total. The number of phenolic OH excluding ortho intramolecular Hbond substituents is 1. The normalized spacial score (nSPS) is 11.0. The molecule has 1 aromatic rings. The van der Waals surface area contributed by atoms with Crippen LogP contribution in [-0.4, -0.2) is 17.7 Å². The summed E-state index contributed by atoms with van der Waals surface area (Å²) in [4.78, 5) is 11.6.